The van der Waals surface area contributed by atoms with Gasteiger partial charge in [-0.1, -0.05) is 24.3 Å². The number of fused-ring (bicyclic) bond motifs is 1. The molecule has 1 aliphatic rings. The van der Waals surface area contributed by atoms with Crippen LogP contribution >= 0.6 is 0 Å². The molecule has 0 radical (unpaired) electrons. The van der Waals surface area contributed by atoms with Gasteiger partial charge in [-0.15, -0.1) is 0 Å². The van der Waals surface area contributed by atoms with E-state index >= 15 is 0 Å². The van der Waals surface area contributed by atoms with Crippen molar-refractivity contribution >= 4 is 11.1 Å². The second-order valence-corrected chi connectivity index (χ2v) is 8.97. The minimum absolute atomic E-state index is 0.241. The lowest BCUT2D eigenvalue weighted by molar-refractivity contribution is -0.140. The van der Waals surface area contributed by atoms with E-state index in [-0.39, 0.29) is 5.82 Å². The summed E-state index contributed by atoms with van der Waals surface area (Å²) in [6.45, 7) is 0. The molecule has 1 saturated carbocycles. The van der Waals surface area contributed by atoms with Crippen LogP contribution in [-0.2, 0) is 19.6 Å². The Balaban J connectivity index is 1.32. The molecule has 0 unspecified atom stereocenters. The Bertz CT molecular complexity index is 1600. The lowest BCUT2D eigenvalue weighted by atomic mass is 10.1. The molecule has 4 aromatic heterocycles. The number of nitrogens with zero attached hydrogens (tertiary/aromatic N) is 6. The highest BCUT2D eigenvalue weighted by molar-refractivity contribution is 5.80. The fourth-order valence-electron chi connectivity index (χ4n) is 4.38. The fourth-order valence-corrected chi connectivity index (χ4v) is 4.38. The zero-order chi connectivity index (χ0) is 25.7. The zero-order valence-corrected chi connectivity index (χ0v) is 20.0. The van der Waals surface area contributed by atoms with Gasteiger partial charge in [0, 0.05) is 43.4 Å². The van der Waals surface area contributed by atoms with E-state index in [4.69, 9.17) is 14.1 Å². The van der Waals surface area contributed by atoms with Gasteiger partial charge in [0.1, 0.15) is 23.2 Å². The van der Waals surface area contributed by atoms with Crippen molar-refractivity contribution in [3.63, 3.8) is 0 Å². The Morgan fingerprint density at radius 1 is 1.05 bits per heavy atom. The third kappa shape index (κ3) is 4.30. The number of benzene rings is 1. The van der Waals surface area contributed by atoms with Gasteiger partial charge in [0.2, 0.25) is 11.8 Å². The average Bonchev–Trinajstić information content (AvgIpc) is 3.51. The van der Waals surface area contributed by atoms with Gasteiger partial charge in [0.25, 0.3) is 0 Å². The molecule has 0 N–H and O–H groups in total. The third-order valence-electron chi connectivity index (χ3n) is 6.35. The Hall–Kier alpha value is -4.28. The van der Waals surface area contributed by atoms with Crippen LogP contribution in [0.5, 0.6) is 5.88 Å². The number of oxazole rings is 1. The number of aromatic nitrogens is 6. The van der Waals surface area contributed by atoms with Gasteiger partial charge in [-0.3, -0.25) is 4.98 Å². The molecule has 0 aliphatic heterocycles. The van der Waals surface area contributed by atoms with E-state index in [1.54, 1.807) is 38.6 Å². The van der Waals surface area contributed by atoms with Gasteiger partial charge >= 0.3 is 6.18 Å². The average molecular weight is 506 g/mol. The summed E-state index contributed by atoms with van der Waals surface area (Å²) in [5, 5.41) is 0. The molecule has 11 heteroatoms. The summed E-state index contributed by atoms with van der Waals surface area (Å²) in [4.78, 5) is 21.7. The lowest BCUT2D eigenvalue weighted by Gasteiger charge is -2.08. The van der Waals surface area contributed by atoms with Crippen LogP contribution in [0.2, 0.25) is 0 Å². The molecule has 1 aliphatic carbocycles. The van der Waals surface area contributed by atoms with Crippen LogP contribution in [0.15, 0.2) is 53.5 Å². The third-order valence-corrected chi connectivity index (χ3v) is 6.35. The highest BCUT2D eigenvalue weighted by Crippen LogP contribution is 2.45. The van der Waals surface area contributed by atoms with Gasteiger partial charge in [0.15, 0.2) is 11.3 Å². The first-order valence-corrected chi connectivity index (χ1v) is 11.7. The van der Waals surface area contributed by atoms with E-state index in [0.717, 1.165) is 30.3 Å². The van der Waals surface area contributed by atoms with E-state index in [0.29, 0.717) is 52.0 Å². The molecule has 188 valence electrons. The molecule has 0 atom stereocenters. The maximum Gasteiger partial charge on any atom is 0.434 e. The van der Waals surface area contributed by atoms with Crippen molar-refractivity contribution in [3.8, 4) is 28.7 Å². The SMILES string of the molecule is COc1ncnc(C2CC2)c1-c1nc2c(Cc3ccc(-c4nc(C(F)(F)F)cn4C)cc3)nccc2o1. The molecule has 0 amide bonds. The van der Waals surface area contributed by atoms with Gasteiger partial charge in [0.05, 0.1) is 18.5 Å². The molecule has 6 rings (SSSR count). The van der Waals surface area contributed by atoms with Gasteiger partial charge in [-0.2, -0.15) is 13.2 Å². The number of imidazole rings is 1. The number of halogens is 3. The van der Waals surface area contributed by atoms with E-state index in [2.05, 4.69) is 19.9 Å². The van der Waals surface area contributed by atoms with Crippen molar-refractivity contribution in [2.75, 3.05) is 7.11 Å². The lowest BCUT2D eigenvalue weighted by Crippen LogP contribution is -2.04. The number of ether oxygens (including phenoxy) is 1. The first-order valence-electron chi connectivity index (χ1n) is 11.7. The second kappa shape index (κ2) is 8.68. The van der Waals surface area contributed by atoms with Crippen molar-refractivity contribution in [3.05, 3.63) is 71.7 Å². The summed E-state index contributed by atoms with van der Waals surface area (Å²) >= 11 is 0. The molecule has 37 heavy (non-hydrogen) atoms. The second-order valence-electron chi connectivity index (χ2n) is 8.97. The van der Waals surface area contributed by atoms with Crippen molar-refractivity contribution in [2.24, 2.45) is 7.05 Å². The molecule has 0 saturated heterocycles. The Morgan fingerprint density at radius 2 is 1.84 bits per heavy atom. The smallest absolute Gasteiger partial charge is 0.434 e. The number of pyridine rings is 1. The van der Waals surface area contributed by atoms with E-state index in [1.807, 2.05) is 12.1 Å². The fraction of sp³-hybridized carbons (Fsp3) is 0.269. The number of methoxy groups -OCH3 is 1. The number of hydrogen-bond acceptors (Lipinski definition) is 7. The van der Waals surface area contributed by atoms with E-state index in [9.17, 15) is 13.2 Å². The van der Waals surface area contributed by atoms with Crippen molar-refractivity contribution in [2.45, 2.75) is 31.4 Å². The molecular formula is C26H21F3N6O2. The van der Waals surface area contributed by atoms with E-state index in [1.165, 1.54) is 10.9 Å². The summed E-state index contributed by atoms with van der Waals surface area (Å²) in [6.07, 6.45) is 2.19. The van der Waals surface area contributed by atoms with Crippen LogP contribution in [0.1, 0.15) is 41.4 Å². The molecule has 1 aromatic carbocycles. The highest BCUT2D eigenvalue weighted by Gasteiger charge is 2.35. The van der Waals surface area contributed by atoms with Crippen molar-refractivity contribution in [1.29, 1.82) is 0 Å². The van der Waals surface area contributed by atoms with Crippen LogP contribution in [0.4, 0.5) is 13.2 Å². The standard InChI is InChI=1S/C26H21F3N6O2/c1-35-12-19(26(27,28)29)33-23(35)16-5-3-14(4-6-16)11-17-22-18(9-10-30-17)37-25(34-22)20-21(15-7-8-15)31-13-32-24(20)36-2/h3-6,9-10,12-13,15H,7-8,11H2,1-2H3. The molecular weight excluding hydrogens is 485 g/mol. The van der Waals surface area contributed by atoms with E-state index < -0.39 is 11.9 Å². The van der Waals surface area contributed by atoms with Gasteiger partial charge in [-0.05, 0) is 18.4 Å². The quantitative estimate of drug-likeness (QED) is 0.297. The molecule has 5 aromatic rings. The normalized spacial score (nSPS) is 13.9. The summed E-state index contributed by atoms with van der Waals surface area (Å²) in [5.74, 6) is 1.38. The predicted octanol–water partition coefficient (Wildman–Crippen LogP) is 5.58. The number of aryl methyl sites for hydroxylation is 1. The summed E-state index contributed by atoms with van der Waals surface area (Å²) < 4.78 is 52.1. The molecule has 8 nitrogen and oxygen atoms in total. The van der Waals surface area contributed by atoms with Crippen LogP contribution in [0, 0.1) is 0 Å². The van der Waals surface area contributed by atoms with Crippen molar-refractivity contribution in [1.82, 2.24) is 29.5 Å². The maximum absolute atomic E-state index is 13.0. The minimum atomic E-state index is -4.49. The predicted molar refractivity (Wildman–Crippen MR) is 128 cm³/mol. The maximum atomic E-state index is 13.0. The zero-order valence-electron chi connectivity index (χ0n) is 20.0. The van der Waals surface area contributed by atoms with Crippen LogP contribution in [0.25, 0.3) is 33.9 Å². The summed E-state index contributed by atoms with van der Waals surface area (Å²) in [5.41, 5.74) is 4.01. The number of alkyl halides is 3. The van der Waals surface area contributed by atoms with Crippen LogP contribution in [-0.4, -0.2) is 36.6 Å². The Morgan fingerprint density at radius 3 is 2.51 bits per heavy atom. The number of hydrogen-bond donors (Lipinski definition) is 0. The van der Waals surface area contributed by atoms with Gasteiger partial charge < -0.3 is 13.7 Å². The Kier molecular flexibility index (Phi) is 5.43. The van der Waals surface area contributed by atoms with Crippen LogP contribution < -0.4 is 4.74 Å². The monoisotopic (exact) mass is 506 g/mol. The molecule has 0 spiro atoms. The largest absolute Gasteiger partial charge is 0.480 e. The first-order chi connectivity index (χ1) is 17.8. The topological polar surface area (TPSA) is 91.8 Å². The molecule has 4 heterocycles. The Labute approximate surface area is 209 Å². The van der Waals surface area contributed by atoms with Crippen molar-refractivity contribution < 1.29 is 22.3 Å². The minimum Gasteiger partial charge on any atom is -0.480 e. The highest BCUT2D eigenvalue weighted by atomic mass is 19.4. The first kappa shape index (κ1) is 23.1. The van der Waals surface area contributed by atoms with Crippen LogP contribution in [0.3, 0.4) is 0 Å². The summed E-state index contributed by atoms with van der Waals surface area (Å²) in [7, 11) is 3.09. The summed E-state index contributed by atoms with van der Waals surface area (Å²) in [6, 6.07) is 8.95. The molecule has 1 fully saturated rings. The van der Waals surface area contributed by atoms with Gasteiger partial charge in [-0.25, -0.2) is 19.9 Å². The number of rotatable bonds is 6. The molecule has 0 bridgehead atoms.